The van der Waals surface area contributed by atoms with Crippen LogP contribution in [0.1, 0.15) is 16.7 Å². The molecule has 40 heavy (non-hydrogen) atoms. The standard InChI is InChI=1S/C30H23ClN4O5/c31-19-6-3-5-18-26(19)33-29(38)30(18)25-24(21(34-30)11-16-12-32-20-7-2-1-4-17(16)20)27(36)35(28(25)37)13-15-8-9-22-23(10-15)40-14-39-22/h1-10,12,21,24-25,32,34H,11,13-14H2,(H,33,38)/t21-,24+,25-,30+/m0/s1. The highest BCUT2D eigenvalue weighted by molar-refractivity contribution is 6.35. The van der Waals surface area contributed by atoms with E-state index in [9.17, 15) is 14.4 Å². The number of ether oxygens (including phenoxy) is 2. The van der Waals surface area contributed by atoms with Gasteiger partial charge >= 0.3 is 0 Å². The lowest BCUT2D eigenvalue weighted by atomic mass is 9.76. The number of nitrogens with one attached hydrogen (secondary N) is 3. The minimum atomic E-state index is -1.42. The Morgan fingerprint density at radius 3 is 2.73 bits per heavy atom. The molecular formula is C30H23ClN4O5. The summed E-state index contributed by atoms with van der Waals surface area (Å²) in [7, 11) is 0. The number of para-hydroxylation sites is 2. The normalized spacial score (nSPS) is 26.2. The van der Waals surface area contributed by atoms with Crippen LogP contribution in [-0.2, 0) is 32.9 Å². The lowest BCUT2D eigenvalue weighted by Crippen LogP contribution is -2.53. The first-order valence-corrected chi connectivity index (χ1v) is 13.5. The molecule has 4 aliphatic heterocycles. The number of benzene rings is 3. The van der Waals surface area contributed by atoms with Gasteiger partial charge in [0, 0.05) is 28.7 Å². The average molecular weight is 555 g/mol. The minimum absolute atomic E-state index is 0.0706. The second-order valence-electron chi connectivity index (χ2n) is 10.7. The van der Waals surface area contributed by atoms with Crippen molar-refractivity contribution in [3.05, 3.63) is 88.6 Å². The average Bonchev–Trinajstić information content (AvgIpc) is 3.75. The van der Waals surface area contributed by atoms with Gasteiger partial charge < -0.3 is 19.8 Å². The second-order valence-corrected chi connectivity index (χ2v) is 11.1. The Kier molecular flexibility index (Phi) is 4.90. The lowest BCUT2D eigenvalue weighted by molar-refractivity contribution is -0.143. The zero-order chi connectivity index (χ0) is 27.2. The Bertz CT molecular complexity index is 1770. The summed E-state index contributed by atoms with van der Waals surface area (Å²) in [5.74, 6) is -1.54. The van der Waals surface area contributed by atoms with Crippen LogP contribution in [0.4, 0.5) is 5.69 Å². The third kappa shape index (κ3) is 3.10. The number of carbonyl (C=O) groups is 3. The fourth-order valence-corrected chi connectivity index (χ4v) is 7.16. The largest absolute Gasteiger partial charge is 0.454 e. The van der Waals surface area contributed by atoms with Crippen molar-refractivity contribution in [2.24, 2.45) is 11.8 Å². The third-order valence-electron chi connectivity index (χ3n) is 8.68. The molecule has 10 heteroatoms. The van der Waals surface area contributed by atoms with Crippen molar-refractivity contribution in [2.75, 3.05) is 12.1 Å². The number of anilines is 1. The summed E-state index contributed by atoms with van der Waals surface area (Å²) in [5.41, 5.74) is 2.37. The van der Waals surface area contributed by atoms with E-state index in [-0.39, 0.29) is 31.1 Å². The second kappa shape index (κ2) is 8.33. The van der Waals surface area contributed by atoms with Gasteiger partial charge in [-0.25, -0.2) is 0 Å². The van der Waals surface area contributed by atoms with Gasteiger partial charge in [-0.3, -0.25) is 24.6 Å². The molecule has 5 heterocycles. The predicted molar refractivity (Wildman–Crippen MR) is 146 cm³/mol. The molecule has 0 saturated carbocycles. The molecule has 1 spiro atoms. The van der Waals surface area contributed by atoms with E-state index in [1.807, 2.05) is 36.5 Å². The molecule has 4 atom stereocenters. The van der Waals surface area contributed by atoms with Crippen LogP contribution in [0.5, 0.6) is 11.5 Å². The van der Waals surface area contributed by atoms with Crippen LogP contribution >= 0.6 is 11.6 Å². The number of carbonyl (C=O) groups excluding carboxylic acids is 3. The van der Waals surface area contributed by atoms with E-state index >= 15 is 0 Å². The molecule has 3 amide bonds. The molecule has 2 fully saturated rings. The van der Waals surface area contributed by atoms with E-state index in [4.69, 9.17) is 21.1 Å². The highest BCUT2D eigenvalue weighted by Gasteiger charge is 2.70. The van der Waals surface area contributed by atoms with Crippen molar-refractivity contribution in [3.8, 4) is 11.5 Å². The molecule has 4 aliphatic rings. The summed E-state index contributed by atoms with van der Waals surface area (Å²) in [6.45, 7) is 0.201. The topological polar surface area (TPSA) is 113 Å². The van der Waals surface area contributed by atoms with Gasteiger partial charge in [-0.2, -0.15) is 0 Å². The van der Waals surface area contributed by atoms with E-state index in [1.54, 1.807) is 30.3 Å². The molecule has 0 radical (unpaired) electrons. The number of hydrogen-bond donors (Lipinski definition) is 3. The monoisotopic (exact) mass is 554 g/mol. The molecule has 0 bridgehead atoms. The Hall–Kier alpha value is -4.34. The smallest absolute Gasteiger partial charge is 0.250 e. The van der Waals surface area contributed by atoms with Crippen molar-refractivity contribution in [1.29, 1.82) is 0 Å². The summed E-state index contributed by atoms with van der Waals surface area (Å²) in [6, 6.07) is 18.1. The van der Waals surface area contributed by atoms with Crippen LogP contribution in [0.2, 0.25) is 5.02 Å². The van der Waals surface area contributed by atoms with E-state index < -0.39 is 23.4 Å². The van der Waals surface area contributed by atoms with E-state index in [0.717, 1.165) is 22.0 Å². The highest BCUT2D eigenvalue weighted by atomic mass is 35.5. The number of amides is 3. The number of imide groups is 1. The van der Waals surface area contributed by atoms with Crippen molar-refractivity contribution >= 4 is 45.9 Å². The Morgan fingerprint density at radius 1 is 0.975 bits per heavy atom. The van der Waals surface area contributed by atoms with Gasteiger partial charge in [0.2, 0.25) is 24.5 Å². The third-order valence-corrected chi connectivity index (χ3v) is 9.00. The van der Waals surface area contributed by atoms with Gasteiger partial charge in [-0.15, -0.1) is 0 Å². The number of aromatic amines is 1. The number of likely N-dealkylation sites (tertiary alicyclic amines) is 1. The van der Waals surface area contributed by atoms with Crippen molar-refractivity contribution < 1.29 is 23.9 Å². The van der Waals surface area contributed by atoms with Crippen LogP contribution in [0, 0.1) is 11.8 Å². The number of aromatic nitrogens is 1. The van der Waals surface area contributed by atoms with Gasteiger partial charge in [0.05, 0.1) is 29.1 Å². The van der Waals surface area contributed by atoms with Gasteiger partial charge in [-0.05, 0) is 41.8 Å². The van der Waals surface area contributed by atoms with Crippen LogP contribution in [0.25, 0.3) is 10.9 Å². The molecule has 9 nitrogen and oxygen atoms in total. The number of nitrogens with zero attached hydrogens (tertiary/aromatic N) is 1. The Balaban J connectivity index is 1.22. The van der Waals surface area contributed by atoms with Crippen molar-refractivity contribution in [2.45, 2.75) is 24.5 Å². The number of hydrogen-bond acceptors (Lipinski definition) is 6. The van der Waals surface area contributed by atoms with E-state index in [0.29, 0.717) is 34.2 Å². The summed E-state index contributed by atoms with van der Waals surface area (Å²) < 4.78 is 10.9. The fraction of sp³-hybridized carbons (Fsp3) is 0.233. The van der Waals surface area contributed by atoms with E-state index in [1.165, 1.54) is 4.90 Å². The number of fused-ring (bicyclic) bond motifs is 6. The molecule has 0 unspecified atom stereocenters. The van der Waals surface area contributed by atoms with Crippen LogP contribution in [-0.4, -0.2) is 40.4 Å². The molecule has 4 aromatic rings. The van der Waals surface area contributed by atoms with Crippen LogP contribution < -0.4 is 20.1 Å². The minimum Gasteiger partial charge on any atom is -0.454 e. The summed E-state index contributed by atoms with van der Waals surface area (Å²) in [4.78, 5) is 46.7. The summed E-state index contributed by atoms with van der Waals surface area (Å²) in [6.07, 6.45) is 2.38. The number of H-pyrrole nitrogens is 1. The predicted octanol–water partition coefficient (Wildman–Crippen LogP) is 3.71. The lowest BCUT2D eigenvalue weighted by Gasteiger charge is -2.29. The first-order valence-electron chi connectivity index (χ1n) is 13.1. The molecule has 200 valence electrons. The molecule has 8 rings (SSSR count). The zero-order valence-corrected chi connectivity index (χ0v) is 21.8. The summed E-state index contributed by atoms with van der Waals surface area (Å²) in [5, 5.41) is 7.81. The van der Waals surface area contributed by atoms with Gasteiger partial charge in [0.1, 0.15) is 5.54 Å². The molecule has 2 saturated heterocycles. The summed E-state index contributed by atoms with van der Waals surface area (Å²) >= 11 is 6.47. The molecule has 1 aromatic heterocycles. The van der Waals surface area contributed by atoms with Crippen LogP contribution in [0.3, 0.4) is 0 Å². The molecule has 3 N–H and O–H groups in total. The number of halogens is 1. The van der Waals surface area contributed by atoms with Crippen LogP contribution in [0.15, 0.2) is 66.9 Å². The maximum Gasteiger partial charge on any atom is 0.250 e. The first-order chi connectivity index (χ1) is 19.5. The number of rotatable bonds is 4. The Morgan fingerprint density at radius 2 is 1.82 bits per heavy atom. The van der Waals surface area contributed by atoms with Gasteiger partial charge in [-0.1, -0.05) is 48.0 Å². The van der Waals surface area contributed by atoms with E-state index in [2.05, 4.69) is 15.6 Å². The first kappa shape index (κ1) is 23.5. The highest BCUT2D eigenvalue weighted by Crippen LogP contribution is 2.54. The Labute approximate surface area is 233 Å². The zero-order valence-electron chi connectivity index (χ0n) is 21.1. The quantitative estimate of drug-likeness (QED) is 0.332. The molecule has 3 aromatic carbocycles. The fourth-order valence-electron chi connectivity index (χ4n) is 6.94. The van der Waals surface area contributed by atoms with Crippen molar-refractivity contribution in [1.82, 2.24) is 15.2 Å². The SMILES string of the molecule is O=C1[C@@H]2[C@H](Cc3c[nH]c4ccccc34)N[C@@]3(C(=O)Nc4c(Cl)cccc43)[C@@H]2C(=O)N1Cc1ccc2c(c1)OCO2. The van der Waals surface area contributed by atoms with Gasteiger partial charge in [0.15, 0.2) is 11.5 Å². The molecular weight excluding hydrogens is 532 g/mol. The van der Waals surface area contributed by atoms with Gasteiger partial charge in [0.25, 0.3) is 0 Å². The maximum atomic E-state index is 14.2. The van der Waals surface area contributed by atoms with Crippen molar-refractivity contribution in [3.63, 3.8) is 0 Å². The maximum absolute atomic E-state index is 14.2. The molecule has 0 aliphatic carbocycles.